The van der Waals surface area contributed by atoms with Crippen LogP contribution in [-0.4, -0.2) is 32.9 Å². The predicted octanol–water partition coefficient (Wildman–Crippen LogP) is 4.40. The van der Waals surface area contributed by atoms with E-state index in [0.717, 1.165) is 29.7 Å². The van der Waals surface area contributed by atoms with E-state index < -0.39 is 0 Å². The number of imidazole rings is 1. The molecule has 0 saturated heterocycles. The smallest absolute Gasteiger partial charge is 0.244 e. The van der Waals surface area contributed by atoms with Crippen LogP contribution in [0.3, 0.4) is 0 Å². The second-order valence-corrected chi connectivity index (χ2v) is 7.99. The van der Waals surface area contributed by atoms with Gasteiger partial charge in [0.25, 0.3) is 0 Å². The SMILES string of the molecule is CC(=O)N(c1ccccc1)c1nc(/C=C/C(=O)NCCCn2cnc3ccccc32)cs1. The Labute approximate surface area is 190 Å². The Hall–Kier alpha value is -3.78. The fourth-order valence-electron chi connectivity index (χ4n) is 3.33. The molecule has 4 aromatic rings. The van der Waals surface area contributed by atoms with Crippen molar-refractivity contribution < 1.29 is 9.59 Å². The lowest BCUT2D eigenvalue weighted by molar-refractivity contribution is -0.117. The second-order valence-electron chi connectivity index (χ2n) is 7.15. The van der Waals surface area contributed by atoms with Crippen molar-refractivity contribution in [2.24, 2.45) is 0 Å². The fourth-order valence-corrected chi connectivity index (χ4v) is 4.18. The summed E-state index contributed by atoms with van der Waals surface area (Å²) in [6, 6.07) is 17.3. The van der Waals surface area contributed by atoms with E-state index in [1.807, 2.05) is 66.3 Å². The van der Waals surface area contributed by atoms with Crippen LogP contribution in [0.4, 0.5) is 10.8 Å². The van der Waals surface area contributed by atoms with Crippen LogP contribution in [0.15, 0.2) is 72.4 Å². The Morgan fingerprint density at radius 2 is 1.91 bits per heavy atom. The van der Waals surface area contributed by atoms with Gasteiger partial charge in [0.1, 0.15) is 0 Å². The Kier molecular flexibility index (Phi) is 6.72. The minimum atomic E-state index is -0.179. The van der Waals surface area contributed by atoms with Gasteiger partial charge < -0.3 is 9.88 Å². The molecular weight excluding hydrogens is 422 g/mol. The van der Waals surface area contributed by atoms with Crippen LogP contribution < -0.4 is 10.2 Å². The lowest BCUT2D eigenvalue weighted by Crippen LogP contribution is -2.23. The number of aromatic nitrogens is 3. The maximum Gasteiger partial charge on any atom is 0.244 e. The topological polar surface area (TPSA) is 80.1 Å². The van der Waals surface area contributed by atoms with Crippen molar-refractivity contribution in [2.75, 3.05) is 11.4 Å². The lowest BCUT2D eigenvalue weighted by Gasteiger charge is -2.17. The number of anilines is 2. The van der Waals surface area contributed by atoms with Crippen LogP contribution in [-0.2, 0) is 16.1 Å². The van der Waals surface area contributed by atoms with E-state index in [1.54, 1.807) is 11.0 Å². The van der Waals surface area contributed by atoms with Gasteiger partial charge in [0.2, 0.25) is 11.8 Å². The highest BCUT2D eigenvalue weighted by molar-refractivity contribution is 7.14. The number of aryl methyl sites for hydroxylation is 1. The number of carbonyl (C=O) groups excluding carboxylic acids is 2. The van der Waals surface area contributed by atoms with E-state index in [9.17, 15) is 9.59 Å². The van der Waals surface area contributed by atoms with Gasteiger partial charge in [-0.05, 0) is 36.8 Å². The fraction of sp³-hybridized carbons (Fsp3) is 0.167. The summed E-state index contributed by atoms with van der Waals surface area (Å²) in [7, 11) is 0. The summed E-state index contributed by atoms with van der Waals surface area (Å²) < 4.78 is 2.08. The number of carbonyl (C=O) groups is 2. The highest BCUT2D eigenvalue weighted by Gasteiger charge is 2.17. The van der Waals surface area contributed by atoms with Crippen molar-refractivity contribution in [3.8, 4) is 0 Å². The molecular formula is C24H23N5O2S. The van der Waals surface area contributed by atoms with Gasteiger partial charge in [-0.1, -0.05) is 30.3 Å². The minimum absolute atomic E-state index is 0.121. The number of nitrogens with zero attached hydrogens (tertiary/aromatic N) is 4. The molecule has 7 nitrogen and oxygen atoms in total. The molecule has 0 atom stereocenters. The van der Waals surface area contributed by atoms with Crippen molar-refractivity contribution in [2.45, 2.75) is 19.9 Å². The van der Waals surface area contributed by atoms with Crippen LogP contribution >= 0.6 is 11.3 Å². The molecule has 1 N–H and O–H groups in total. The molecule has 0 aliphatic carbocycles. The number of fused-ring (bicyclic) bond motifs is 1. The maximum atomic E-state index is 12.2. The highest BCUT2D eigenvalue weighted by Crippen LogP contribution is 2.29. The largest absolute Gasteiger partial charge is 0.352 e. The Morgan fingerprint density at radius 3 is 2.72 bits per heavy atom. The maximum absolute atomic E-state index is 12.2. The van der Waals surface area contributed by atoms with Crippen molar-refractivity contribution in [1.29, 1.82) is 0 Å². The van der Waals surface area contributed by atoms with Gasteiger partial charge in [0, 0.05) is 31.5 Å². The Balaban J connectivity index is 1.29. The molecule has 2 amide bonds. The average molecular weight is 446 g/mol. The minimum Gasteiger partial charge on any atom is -0.352 e. The number of benzene rings is 2. The third-order valence-electron chi connectivity index (χ3n) is 4.84. The zero-order valence-corrected chi connectivity index (χ0v) is 18.5. The molecule has 0 aliphatic heterocycles. The van der Waals surface area contributed by atoms with Crippen LogP contribution in [0.25, 0.3) is 17.1 Å². The van der Waals surface area contributed by atoms with E-state index in [1.165, 1.54) is 24.3 Å². The number of para-hydroxylation sites is 3. The predicted molar refractivity (Wildman–Crippen MR) is 128 cm³/mol. The first-order valence-electron chi connectivity index (χ1n) is 10.3. The molecule has 0 radical (unpaired) electrons. The van der Waals surface area contributed by atoms with Crippen LogP contribution in [0, 0.1) is 0 Å². The average Bonchev–Trinajstić information content (AvgIpc) is 3.43. The molecule has 162 valence electrons. The van der Waals surface area contributed by atoms with E-state index in [4.69, 9.17) is 0 Å². The Bertz CT molecular complexity index is 1250. The first-order valence-corrected chi connectivity index (χ1v) is 11.2. The normalized spacial score (nSPS) is 11.2. The monoisotopic (exact) mass is 445 g/mol. The first-order chi connectivity index (χ1) is 15.6. The third kappa shape index (κ3) is 5.09. The summed E-state index contributed by atoms with van der Waals surface area (Å²) in [5, 5.41) is 5.28. The molecule has 0 saturated carbocycles. The molecule has 4 rings (SSSR count). The number of amides is 2. The number of hydrogen-bond acceptors (Lipinski definition) is 5. The third-order valence-corrected chi connectivity index (χ3v) is 5.68. The van der Waals surface area contributed by atoms with E-state index in [-0.39, 0.29) is 11.8 Å². The molecule has 32 heavy (non-hydrogen) atoms. The van der Waals surface area contributed by atoms with Gasteiger partial charge in [0.15, 0.2) is 5.13 Å². The molecule has 8 heteroatoms. The van der Waals surface area contributed by atoms with Crippen LogP contribution in [0.1, 0.15) is 19.0 Å². The quantitative estimate of drug-likeness (QED) is 0.322. The number of nitrogens with one attached hydrogen (secondary N) is 1. The summed E-state index contributed by atoms with van der Waals surface area (Å²) in [6.45, 7) is 2.84. The zero-order chi connectivity index (χ0) is 22.3. The summed E-state index contributed by atoms with van der Waals surface area (Å²) in [5.74, 6) is -0.300. The molecule has 0 aliphatic rings. The number of thiazole rings is 1. The molecule has 0 bridgehead atoms. The molecule has 0 unspecified atom stereocenters. The van der Waals surface area contributed by atoms with Crippen LogP contribution in [0.2, 0.25) is 0 Å². The summed E-state index contributed by atoms with van der Waals surface area (Å²) >= 11 is 1.36. The van der Waals surface area contributed by atoms with Crippen molar-refractivity contribution in [3.05, 3.63) is 78.1 Å². The summed E-state index contributed by atoms with van der Waals surface area (Å²) in [4.78, 5) is 34.7. The van der Waals surface area contributed by atoms with Gasteiger partial charge in [-0.25, -0.2) is 9.97 Å². The van der Waals surface area contributed by atoms with Gasteiger partial charge in [-0.15, -0.1) is 11.3 Å². The molecule has 0 spiro atoms. The van der Waals surface area contributed by atoms with E-state index in [2.05, 4.69) is 19.9 Å². The summed E-state index contributed by atoms with van der Waals surface area (Å²) in [5.41, 5.74) is 3.45. The van der Waals surface area contributed by atoms with Crippen molar-refractivity contribution in [1.82, 2.24) is 19.9 Å². The van der Waals surface area contributed by atoms with Gasteiger partial charge in [-0.2, -0.15) is 0 Å². The van der Waals surface area contributed by atoms with Gasteiger partial charge in [0.05, 0.1) is 28.7 Å². The Morgan fingerprint density at radius 1 is 1.12 bits per heavy atom. The zero-order valence-electron chi connectivity index (χ0n) is 17.6. The van der Waals surface area contributed by atoms with E-state index in [0.29, 0.717) is 17.4 Å². The second kappa shape index (κ2) is 10.0. The summed E-state index contributed by atoms with van der Waals surface area (Å²) in [6.07, 6.45) is 5.74. The molecule has 2 aromatic carbocycles. The van der Waals surface area contributed by atoms with Crippen molar-refractivity contribution >= 4 is 51.1 Å². The van der Waals surface area contributed by atoms with Crippen molar-refractivity contribution in [3.63, 3.8) is 0 Å². The standard InChI is InChI=1S/C24H23N5O2S/c1-18(30)29(20-8-3-2-4-9-20)24-27-19(16-32-24)12-13-23(31)25-14-7-15-28-17-26-21-10-5-6-11-22(21)28/h2-6,8-13,16-17H,7,14-15H2,1H3,(H,25,31)/b13-12+. The van der Waals surface area contributed by atoms with E-state index >= 15 is 0 Å². The highest BCUT2D eigenvalue weighted by atomic mass is 32.1. The van der Waals surface area contributed by atoms with Gasteiger partial charge in [-0.3, -0.25) is 14.5 Å². The number of rotatable bonds is 8. The molecule has 2 heterocycles. The van der Waals surface area contributed by atoms with Crippen LogP contribution in [0.5, 0.6) is 0 Å². The molecule has 0 fully saturated rings. The first kappa shape index (κ1) is 21.5. The molecule has 2 aromatic heterocycles. The lowest BCUT2D eigenvalue weighted by atomic mass is 10.3. The van der Waals surface area contributed by atoms with Gasteiger partial charge >= 0.3 is 0 Å². The number of hydrogen-bond donors (Lipinski definition) is 1.